The van der Waals surface area contributed by atoms with Crippen LogP contribution >= 0.6 is 12.6 Å². The number of carbonyl (C=O) groups is 1. The molecule has 166 valence electrons. The summed E-state index contributed by atoms with van der Waals surface area (Å²) < 4.78 is 24.1. The number of nitrogens with one attached hydrogen (secondary N) is 3. The zero-order valence-electron chi connectivity index (χ0n) is 17.4. The van der Waals surface area contributed by atoms with Gasteiger partial charge in [0.1, 0.15) is 11.9 Å². The summed E-state index contributed by atoms with van der Waals surface area (Å²) in [7, 11) is -3.37. The molecule has 0 aliphatic rings. The molecule has 0 saturated heterocycles. The van der Waals surface area contributed by atoms with Crippen LogP contribution in [0.25, 0.3) is 11.1 Å². The van der Waals surface area contributed by atoms with E-state index in [-0.39, 0.29) is 22.4 Å². The molecule has 0 fully saturated rings. The van der Waals surface area contributed by atoms with E-state index in [2.05, 4.69) is 23.3 Å². The number of nitrogens with two attached hydrogens (primary N) is 1. The van der Waals surface area contributed by atoms with Crippen molar-refractivity contribution in [3.63, 3.8) is 0 Å². The van der Waals surface area contributed by atoms with Crippen LogP contribution in [0.1, 0.15) is 5.56 Å². The summed E-state index contributed by atoms with van der Waals surface area (Å²) in [6.07, 6.45) is 1.18. The van der Waals surface area contributed by atoms with Gasteiger partial charge in [0.2, 0.25) is 5.91 Å². The lowest BCUT2D eigenvalue weighted by atomic mass is 10.1. The smallest absolute Gasteiger partial charge is 0.247 e. The first kappa shape index (κ1) is 23.4. The van der Waals surface area contributed by atoms with E-state index in [0.717, 1.165) is 5.56 Å². The highest BCUT2D eigenvalue weighted by atomic mass is 32.2. The van der Waals surface area contributed by atoms with Gasteiger partial charge in [-0.3, -0.25) is 10.2 Å². The van der Waals surface area contributed by atoms with E-state index in [4.69, 9.17) is 11.1 Å². The molecule has 7 nitrogen and oxygen atoms in total. The van der Waals surface area contributed by atoms with E-state index in [0.29, 0.717) is 22.5 Å². The van der Waals surface area contributed by atoms with Gasteiger partial charge in [0, 0.05) is 34.5 Å². The Morgan fingerprint density at radius 1 is 1.03 bits per heavy atom. The SMILES string of the molecule is CS(=O)(=O)c1ccccc1-c1ccc(NC(=O)[C@@H](CS)Nc2cccc(C(=N)N)c2)cc1. The Morgan fingerprint density at radius 3 is 2.34 bits per heavy atom. The minimum Gasteiger partial charge on any atom is -0.384 e. The van der Waals surface area contributed by atoms with Gasteiger partial charge in [-0.2, -0.15) is 12.6 Å². The van der Waals surface area contributed by atoms with Gasteiger partial charge in [-0.15, -0.1) is 0 Å². The first-order valence-corrected chi connectivity index (χ1v) is 12.2. The summed E-state index contributed by atoms with van der Waals surface area (Å²) in [5.74, 6) is -0.0914. The second kappa shape index (κ2) is 9.88. The third-order valence-corrected chi connectivity index (χ3v) is 6.28. The molecular weight excluding hydrogens is 444 g/mol. The molecule has 5 N–H and O–H groups in total. The van der Waals surface area contributed by atoms with Gasteiger partial charge in [0.25, 0.3) is 0 Å². The van der Waals surface area contributed by atoms with Crippen LogP contribution in [-0.4, -0.2) is 38.2 Å². The van der Waals surface area contributed by atoms with Gasteiger partial charge in [0.05, 0.1) is 4.90 Å². The van der Waals surface area contributed by atoms with Crippen molar-refractivity contribution in [1.82, 2.24) is 0 Å². The third kappa shape index (κ3) is 5.68. The fourth-order valence-corrected chi connectivity index (χ4v) is 4.33. The van der Waals surface area contributed by atoms with Crippen molar-refractivity contribution in [2.24, 2.45) is 5.73 Å². The van der Waals surface area contributed by atoms with Crippen molar-refractivity contribution < 1.29 is 13.2 Å². The molecule has 0 aliphatic heterocycles. The molecule has 0 radical (unpaired) electrons. The monoisotopic (exact) mass is 468 g/mol. The average Bonchev–Trinajstić information content (AvgIpc) is 2.77. The maximum atomic E-state index is 12.7. The first-order valence-electron chi connectivity index (χ1n) is 9.71. The number of benzene rings is 3. The number of thiol groups is 1. The van der Waals surface area contributed by atoms with Crippen LogP contribution in [0, 0.1) is 5.41 Å². The molecule has 0 aliphatic carbocycles. The molecular formula is C23H24N4O3S2. The minimum atomic E-state index is -3.37. The summed E-state index contributed by atoms with van der Waals surface area (Å²) in [6.45, 7) is 0. The Kier molecular flexibility index (Phi) is 7.22. The van der Waals surface area contributed by atoms with E-state index in [1.807, 2.05) is 0 Å². The Balaban J connectivity index is 1.74. The second-order valence-corrected chi connectivity index (χ2v) is 9.56. The number of sulfone groups is 1. The molecule has 3 aromatic carbocycles. The molecule has 0 bridgehead atoms. The van der Waals surface area contributed by atoms with Gasteiger partial charge in [0.15, 0.2) is 9.84 Å². The highest BCUT2D eigenvalue weighted by molar-refractivity contribution is 7.90. The van der Waals surface area contributed by atoms with E-state index in [1.165, 1.54) is 6.26 Å². The van der Waals surface area contributed by atoms with Gasteiger partial charge >= 0.3 is 0 Å². The van der Waals surface area contributed by atoms with Crippen LogP contribution in [0.15, 0.2) is 77.7 Å². The van der Waals surface area contributed by atoms with Gasteiger partial charge < -0.3 is 16.4 Å². The standard InChI is InChI=1S/C23H24N4O3S2/c1-32(29,30)21-8-3-2-7-19(21)15-9-11-17(12-10-15)27-23(28)20(14-31)26-18-6-4-5-16(13-18)22(24)25/h2-13,20,26,31H,14H2,1H3,(H3,24,25)(H,27,28)/t20-/m1/s1. The molecule has 3 aromatic rings. The molecule has 0 aromatic heterocycles. The summed E-state index contributed by atoms with van der Waals surface area (Å²) >= 11 is 4.27. The molecule has 0 spiro atoms. The Bertz CT molecular complexity index is 1240. The maximum absolute atomic E-state index is 12.7. The van der Waals surface area contributed by atoms with Crippen LogP contribution in [0.3, 0.4) is 0 Å². The number of hydrogen-bond donors (Lipinski definition) is 5. The van der Waals surface area contributed by atoms with Crippen molar-refractivity contribution in [3.05, 3.63) is 78.4 Å². The summed E-state index contributed by atoms with van der Waals surface area (Å²) in [5, 5.41) is 13.5. The molecule has 0 heterocycles. The normalized spacial score (nSPS) is 12.1. The van der Waals surface area contributed by atoms with Crippen molar-refractivity contribution in [2.45, 2.75) is 10.9 Å². The Hall–Kier alpha value is -3.30. The number of rotatable bonds is 8. The molecule has 0 unspecified atom stereocenters. The minimum absolute atomic E-state index is 0.0574. The average molecular weight is 469 g/mol. The number of amidine groups is 1. The predicted octanol–water partition coefficient (Wildman–Crippen LogP) is 3.39. The van der Waals surface area contributed by atoms with Gasteiger partial charge in [-0.05, 0) is 35.9 Å². The molecule has 1 amide bonds. The number of amides is 1. The molecule has 1 atom stereocenters. The molecule has 32 heavy (non-hydrogen) atoms. The topological polar surface area (TPSA) is 125 Å². The fourth-order valence-electron chi connectivity index (χ4n) is 3.16. The van der Waals surface area contributed by atoms with Crippen LogP contribution in [-0.2, 0) is 14.6 Å². The number of anilines is 2. The Labute approximate surface area is 192 Å². The fraction of sp³-hybridized carbons (Fsp3) is 0.130. The first-order chi connectivity index (χ1) is 15.2. The second-order valence-electron chi connectivity index (χ2n) is 7.21. The molecule has 0 saturated carbocycles. The summed E-state index contributed by atoms with van der Waals surface area (Å²) in [5.41, 5.74) is 8.64. The summed E-state index contributed by atoms with van der Waals surface area (Å²) in [6, 6.07) is 20.1. The van der Waals surface area contributed by atoms with E-state index < -0.39 is 15.9 Å². The van der Waals surface area contributed by atoms with Crippen molar-refractivity contribution in [3.8, 4) is 11.1 Å². The number of hydrogen-bond acceptors (Lipinski definition) is 6. The van der Waals surface area contributed by atoms with Gasteiger partial charge in [-0.25, -0.2) is 8.42 Å². The number of nitrogen functional groups attached to an aromatic ring is 1. The highest BCUT2D eigenvalue weighted by Crippen LogP contribution is 2.28. The lowest BCUT2D eigenvalue weighted by Crippen LogP contribution is -2.36. The lowest BCUT2D eigenvalue weighted by molar-refractivity contribution is -0.116. The zero-order valence-corrected chi connectivity index (χ0v) is 19.1. The third-order valence-electron chi connectivity index (χ3n) is 4.76. The lowest BCUT2D eigenvalue weighted by Gasteiger charge is -2.18. The van der Waals surface area contributed by atoms with Crippen LogP contribution < -0.4 is 16.4 Å². The Morgan fingerprint density at radius 2 is 1.72 bits per heavy atom. The number of carbonyl (C=O) groups excluding carboxylic acids is 1. The maximum Gasteiger partial charge on any atom is 0.247 e. The van der Waals surface area contributed by atoms with E-state index in [1.54, 1.807) is 72.8 Å². The highest BCUT2D eigenvalue weighted by Gasteiger charge is 2.18. The van der Waals surface area contributed by atoms with Crippen LogP contribution in [0.4, 0.5) is 11.4 Å². The van der Waals surface area contributed by atoms with Crippen molar-refractivity contribution >= 4 is 45.6 Å². The summed E-state index contributed by atoms with van der Waals surface area (Å²) in [4.78, 5) is 13.0. The van der Waals surface area contributed by atoms with Crippen molar-refractivity contribution in [1.29, 1.82) is 5.41 Å². The van der Waals surface area contributed by atoms with Crippen LogP contribution in [0.5, 0.6) is 0 Å². The van der Waals surface area contributed by atoms with E-state index >= 15 is 0 Å². The van der Waals surface area contributed by atoms with Crippen LogP contribution in [0.2, 0.25) is 0 Å². The van der Waals surface area contributed by atoms with E-state index in [9.17, 15) is 13.2 Å². The van der Waals surface area contributed by atoms with Crippen molar-refractivity contribution in [2.75, 3.05) is 22.6 Å². The zero-order chi connectivity index (χ0) is 23.3. The molecule has 9 heteroatoms. The predicted molar refractivity (Wildman–Crippen MR) is 132 cm³/mol. The quantitative estimate of drug-likeness (QED) is 0.197. The largest absolute Gasteiger partial charge is 0.384 e. The van der Waals surface area contributed by atoms with Gasteiger partial charge in [-0.1, -0.05) is 42.5 Å². The molecule has 3 rings (SSSR count).